The lowest BCUT2D eigenvalue weighted by molar-refractivity contribution is 0.00440. The minimum atomic E-state index is -0.401. The standard InChI is InChI=1S/C13H15NO3/c1-3-16-9-10(2)17-13(15)12-6-4-11(8-14)5-7-12/h4-7,10H,3,9H2,1-2H3. The maximum atomic E-state index is 11.7. The van der Waals surface area contributed by atoms with E-state index in [2.05, 4.69) is 0 Å². The second-order valence-electron chi connectivity index (χ2n) is 3.56. The molecule has 0 aliphatic heterocycles. The van der Waals surface area contributed by atoms with Crippen molar-refractivity contribution in [2.24, 2.45) is 0 Å². The molecule has 0 amide bonds. The Morgan fingerprint density at radius 1 is 1.41 bits per heavy atom. The van der Waals surface area contributed by atoms with E-state index in [9.17, 15) is 4.79 Å². The second kappa shape index (κ2) is 6.66. The van der Waals surface area contributed by atoms with Crippen molar-refractivity contribution in [3.63, 3.8) is 0 Å². The highest BCUT2D eigenvalue weighted by Gasteiger charge is 2.11. The first-order valence-electron chi connectivity index (χ1n) is 5.46. The summed E-state index contributed by atoms with van der Waals surface area (Å²) in [5.41, 5.74) is 0.955. The predicted octanol–water partition coefficient (Wildman–Crippen LogP) is 2.14. The van der Waals surface area contributed by atoms with Gasteiger partial charge >= 0.3 is 5.97 Å². The Hall–Kier alpha value is -1.86. The number of nitrogens with zero attached hydrogens (tertiary/aromatic N) is 1. The molecule has 17 heavy (non-hydrogen) atoms. The predicted molar refractivity (Wildman–Crippen MR) is 62.5 cm³/mol. The molecule has 1 atom stereocenters. The lowest BCUT2D eigenvalue weighted by Crippen LogP contribution is -2.20. The van der Waals surface area contributed by atoms with Crippen molar-refractivity contribution in [1.29, 1.82) is 5.26 Å². The zero-order chi connectivity index (χ0) is 12.7. The monoisotopic (exact) mass is 233 g/mol. The van der Waals surface area contributed by atoms with Gasteiger partial charge in [0.25, 0.3) is 0 Å². The Labute approximate surface area is 101 Å². The maximum Gasteiger partial charge on any atom is 0.338 e. The molecule has 0 saturated heterocycles. The van der Waals surface area contributed by atoms with E-state index in [0.717, 1.165) is 0 Å². The topological polar surface area (TPSA) is 59.3 Å². The summed E-state index contributed by atoms with van der Waals surface area (Å²) in [6.45, 7) is 4.64. The molecule has 1 aromatic rings. The number of ether oxygens (including phenoxy) is 2. The van der Waals surface area contributed by atoms with E-state index in [1.54, 1.807) is 31.2 Å². The molecule has 0 spiro atoms. The molecule has 0 bridgehead atoms. The molecule has 4 heteroatoms. The van der Waals surface area contributed by atoms with Gasteiger partial charge in [0, 0.05) is 6.61 Å². The molecule has 0 N–H and O–H groups in total. The quantitative estimate of drug-likeness (QED) is 0.731. The first-order chi connectivity index (χ1) is 8.17. The lowest BCUT2D eigenvalue weighted by Gasteiger charge is -2.12. The summed E-state index contributed by atoms with van der Waals surface area (Å²) in [5.74, 6) is -0.401. The van der Waals surface area contributed by atoms with Crippen LogP contribution in [-0.4, -0.2) is 25.3 Å². The highest BCUT2D eigenvalue weighted by Crippen LogP contribution is 2.06. The Morgan fingerprint density at radius 2 is 2.06 bits per heavy atom. The molecule has 1 aromatic carbocycles. The minimum absolute atomic E-state index is 0.280. The van der Waals surface area contributed by atoms with Gasteiger partial charge in [-0.1, -0.05) is 0 Å². The van der Waals surface area contributed by atoms with E-state index in [-0.39, 0.29) is 6.10 Å². The van der Waals surface area contributed by atoms with Crippen molar-refractivity contribution in [1.82, 2.24) is 0 Å². The van der Waals surface area contributed by atoms with E-state index < -0.39 is 5.97 Å². The van der Waals surface area contributed by atoms with Crippen LogP contribution in [0.15, 0.2) is 24.3 Å². The van der Waals surface area contributed by atoms with Gasteiger partial charge < -0.3 is 9.47 Å². The van der Waals surface area contributed by atoms with Crippen LogP contribution in [-0.2, 0) is 9.47 Å². The van der Waals surface area contributed by atoms with Crippen LogP contribution in [0.4, 0.5) is 0 Å². The van der Waals surface area contributed by atoms with E-state index >= 15 is 0 Å². The molecule has 1 rings (SSSR count). The normalized spacial score (nSPS) is 11.6. The van der Waals surface area contributed by atoms with Crippen molar-refractivity contribution in [2.45, 2.75) is 20.0 Å². The zero-order valence-corrected chi connectivity index (χ0v) is 9.97. The Bertz CT molecular complexity index is 406. The number of rotatable bonds is 5. The smallest absolute Gasteiger partial charge is 0.338 e. The zero-order valence-electron chi connectivity index (χ0n) is 9.97. The fourth-order valence-electron chi connectivity index (χ4n) is 1.25. The molecular formula is C13H15NO3. The van der Waals surface area contributed by atoms with Crippen molar-refractivity contribution in [3.8, 4) is 6.07 Å². The van der Waals surface area contributed by atoms with Crippen LogP contribution in [0, 0.1) is 11.3 Å². The fraction of sp³-hybridized carbons (Fsp3) is 0.385. The molecule has 1 unspecified atom stereocenters. The first-order valence-corrected chi connectivity index (χ1v) is 5.46. The molecule has 4 nitrogen and oxygen atoms in total. The number of hydrogen-bond acceptors (Lipinski definition) is 4. The third kappa shape index (κ3) is 4.25. The van der Waals surface area contributed by atoms with Gasteiger partial charge in [0.2, 0.25) is 0 Å². The van der Waals surface area contributed by atoms with E-state index in [0.29, 0.717) is 24.3 Å². The molecule has 0 heterocycles. The van der Waals surface area contributed by atoms with Crippen LogP contribution in [0.3, 0.4) is 0 Å². The molecule has 0 aromatic heterocycles. The number of esters is 1. The van der Waals surface area contributed by atoms with Crippen LogP contribution >= 0.6 is 0 Å². The number of benzene rings is 1. The average Bonchev–Trinajstić information content (AvgIpc) is 2.36. The first kappa shape index (κ1) is 13.2. The van der Waals surface area contributed by atoms with Crippen molar-refractivity contribution < 1.29 is 14.3 Å². The summed E-state index contributed by atoms with van der Waals surface area (Å²) in [6.07, 6.45) is -0.280. The van der Waals surface area contributed by atoms with Crippen molar-refractivity contribution in [2.75, 3.05) is 13.2 Å². The molecule has 0 fully saturated rings. The van der Waals surface area contributed by atoms with Crippen molar-refractivity contribution >= 4 is 5.97 Å². The van der Waals surface area contributed by atoms with Crippen LogP contribution in [0.1, 0.15) is 29.8 Å². The third-order valence-electron chi connectivity index (χ3n) is 2.11. The molecule has 90 valence electrons. The highest BCUT2D eigenvalue weighted by atomic mass is 16.6. The van der Waals surface area contributed by atoms with Crippen LogP contribution in [0.2, 0.25) is 0 Å². The van der Waals surface area contributed by atoms with Crippen LogP contribution < -0.4 is 0 Å². The van der Waals surface area contributed by atoms with Crippen molar-refractivity contribution in [3.05, 3.63) is 35.4 Å². The second-order valence-corrected chi connectivity index (χ2v) is 3.56. The van der Waals surface area contributed by atoms with Crippen LogP contribution in [0.5, 0.6) is 0 Å². The number of hydrogen-bond donors (Lipinski definition) is 0. The van der Waals surface area contributed by atoms with Gasteiger partial charge in [0.1, 0.15) is 6.10 Å². The number of carbonyl (C=O) groups excluding carboxylic acids is 1. The maximum absolute atomic E-state index is 11.7. The summed E-state index contributed by atoms with van der Waals surface area (Å²) >= 11 is 0. The third-order valence-corrected chi connectivity index (χ3v) is 2.11. The van der Waals surface area contributed by atoms with Gasteiger partial charge in [0.15, 0.2) is 0 Å². The summed E-state index contributed by atoms with van der Waals surface area (Å²) in [7, 11) is 0. The van der Waals surface area contributed by atoms with E-state index in [4.69, 9.17) is 14.7 Å². The Morgan fingerprint density at radius 3 is 2.59 bits per heavy atom. The lowest BCUT2D eigenvalue weighted by atomic mass is 10.1. The van der Waals surface area contributed by atoms with E-state index in [1.807, 2.05) is 13.0 Å². The van der Waals surface area contributed by atoms with E-state index in [1.165, 1.54) is 0 Å². The molecule has 0 radical (unpaired) electrons. The van der Waals surface area contributed by atoms with Crippen LogP contribution in [0.25, 0.3) is 0 Å². The summed E-state index contributed by atoms with van der Waals surface area (Å²) in [4.78, 5) is 11.7. The Balaban J connectivity index is 2.54. The fourth-order valence-corrected chi connectivity index (χ4v) is 1.25. The number of nitriles is 1. The summed E-state index contributed by atoms with van der Waals surface area (Å²) in [6, 6.07) is 8.32. The summed E-state index contributed by atoms with van der Waals surface area (Å²) in [5, 5.41) is 8.63. The van der Waals surface area contributed by atoms with Gasteiger partial charge in [0.05, 0.1) is 23.8 Å². The van der Waals surface area contributed by atoms with Gasteiger partial charge in [-0.05, 0) is 38.1 Å². The molecule has 0 saturated carbocycles. The molecule has 0 aliphatic carbocycles. The largest absolute Gasteiger partial charge is 0.457 e. The van der Waals surface area contributed by atoms with Gasteiger partial charge in [-0.2, -0.15) is 5.26 Å². The SMILES string of the molecule is CCOCC(C)OC(=O)c1ccc(C#N)cc1. The highest BCUT2D eigenvalue weighted by molar-refractivity contribution is 5.89. The molecule has 0 aliphatic rings. The van der Waals surface area contributed by atoms with Gasteiger partial charge in [-0.3, -0.25) is 0 Å². The van der Waals surface area contributed by atoms with Gasteiger partial charge in [-0.25, -0.2) is 4.79 Å². The average molecular weight is 233 g/mol. The number of carbonyl (C=O) groups is 1. The molecular weight excluding hydrogens is 218 g/mol. The minimum Gasteiger partial charge on any atom is -0.457 e. The Kier molecular flexibility index (Phi) is 5.18. The van der Waals surface area contributed by atoms with Gasteiger partial charge in [-0.15, -0.1) is 0 Å². The summed E-state index contributed by atoms with van der Waals surface area (Å²) < 4.78 is 10.3.